The molecule has 1 atom stereocenters. The second-order valence-electron chi connectivity index (χ2n) is 3.75. The number of thiophene rings is 1. The quantitative estimate of drug-likeness (QED) is 0.863. The topological polar surface area (TPSA) is 46.3 Å². The van der Waals surface area contributed by atoms with Gasteiger partial charge in [0.2, 0.25) is 0 Å². The third-order valence-electron chi connectivity index (χ3n) is 2.69. The van der Waals surface area contributed by atoms with Crippen LogP contribution < -0.4 is 5.73 Å². The summed E-state index contributed by atoms with van der Waals surface area (Å²) in [4.78, 5) is 14.5. The van der Waals surface area contributed by atoms with Gasteiger partial charge in [-0.2, -0.15) is 0 Å². The molecule has 0 saturated carbocycles. The van der Waals surface area contributed by atoms with Gasteiger partial charge in [-0.25, -0.2) is 0 Å². The van der Waals surface area contributed by atoms with Crippen LogP contribution in [0.15, 0.2) is 12.1 Å². The number of carbonyl (C=O) groups excluding carboxylic acids is 1. The Morgan fingerprint density at radius 3 is 3.00 bits per heavy atom. The average Bonchev–Trinajstić information content (AvgIpc) is 2.84. The number of likely N-dealkylation sites (tertiary alicyclic amines) is 1. The number of halogens is 1. The molecule has 1 unspecified atom stereocenters. The summed E-state index contributed by atoms with van der Waals surface area (Å²) in [5, 5.41) is 0. The van der Waals surface area contributed by atoms with E-state index in [1.807, 2.05) is 4.90 Å². The molecular weight excluding hydrogens is 232 g/mol. The minimum atomic E-state index is 0.0860. The van der Waals surface area contributed by atoms with Crippen molar-refractivity contribution in [2.45, 2.75) is 6.42 Å². The molecule has 5 heteroatoms. The maximum absolute atomic E-state index is 12.0. The second-order valence-corrected chi connectivity index (χ2v) is 5.46. The van der Waals surface area contributed by atoms with Gasteiger partial charge in [-0.1, -0.05) is 11.6 Å². The van der Waals surface area contributed by atoms with E-state index in [4.69, 9.17) is 17.3 Å². The van der Waals surface area contributed by atoms with E-state index < -0.39 is 0 Å². The number of hydrogen-bond acceptors (Lipinski definition) is 3. The fraction of sp³-hybridized carbons (Fsp3) is 0.500. The van der Waals surface area contributed by atoms with Crippen LogP contribution in [-0.2, 0) is 0 Å². The van der Waals surface area contributed by atoms with Crippen LogP contribution in [0.5, 0.6) is 0 Å². The van der Waals surface area contributed by atoms with Gasteiger partial charge in [0.1, 0.15) is 0 Å². The molecule has 1 aliphatic heterocycles. The van der Waals surface area contributed by atoms with Crippen LogP contribution in [0.3, 0.4) is 0 Å². The van der Waals surface area contributed by atoms with E-state index >= 15 is 0 Å². The Morgan fingerprint density at radius 2 is 2.47 bits per heavy atom. The van der Waals surface area contributed by atoms with Crippen molar-refractivity contribution >= 4 is 28.8 Å². The van der Waals surface area contributed by atoms with Gasteiger partial charge in [0.15, 0.2) is 0 Å². The Kier molecular flexibility index (Phi) is 3.29. The lowest BCUT2D eigenvalue weighted by Gasteiger charge is -2.14. The van der Waals surface area contributed by atoms with Crippen LogP contribution in [0.2, 0.25) is 4.34 Å². The molecule has 1 aliphatic rings. The van der Waals surface area contributed by atoms with Crippen molar-refractivity contribution in [3.05, 3.63) is 21.3 Å². The Hall–Kier alpha value is -0.580. The molecule has 1 saturated heterocycles. The molecule has 15 heavy (non-hydrogen) atoms. The van der Waals surface area contributed by atoms with E-state index in [9.17, 15) is 4.79 Å². The average molecular weight is 245 g/mol. The molecule has 1 aromatic heterocycles. The van der Waals surface area contributed by atoms with Crippen LogP contribution >= 0.6 is 22.9 Å². The molecular formula is C10H13ClN2OS. The molecule has 82 valence electrons. The molecule has 0 bridgehead atoms. The number of amides is 1. The van der Waals surface area contributed by atoms with Crippen molar-refractivity contribution in [1.29, 1.82) is 0 Å². The monoisotopic (exact) mass is 244 g/mol. The van der Waals surface area contributed by atoms with E-state index in [2.05, 4.69) is 0 Å². The van der Waals surface area contributed by atoms with Gasteiger partial charge < -0.3 is 10.6 Å². The van der Waals surface area contributed by atoms with E-state index in [0.717, 1.165) is 24.4 Å². The second kappa shape index (κ2) is 4.51. The Morgan fingerprint density at radius 1 is 1.67 bits per heavy atom. The lowest BCUT2D eigenvalue weighted by Crippen LogP contribution is -2.29. The van der Waals surface area contributed by atoms with Gasteiger partial charge >= 0.3 is 0 Å². The number of rotatable bonds is 2. The van der Waals surface area contributed by atoms with Gasteiger partial charge in [0.05, 0.1) is 9.21 Å². The van der Waals surface area contributed by atoms with Crippen molar-refractivity contribution in [2.75, 3.05) is 19.6 Å². The normalized spacial score (nSPS) is 20.9. The van der Waals surface area contributed by atoms with Gasteiger partial charge in [-0.15, -0.1) is 11.3 Å². The first-order valence-corrected chi connectivity index (χ1v) is 6.15. The van der Waals surface area contributed by atoms with Crippen molar-refractivity contribution in [3.8, 4) is 0 Å². The fourth-order valence-electron chi connectivity index (χ4n) is 1.79. The van der Waals surface area contributed by atoms with Crippen molar-refractivity contribution < 1.29 is 4.79 Å². The summed E-state index contributed by atoms with van der Waals surface area (Å²) >= 11 is 7.13. The summed E-state index contributed by atoms with van der Waals surface area (Å²) in [6.45, 7) is 2.26. The van der Waals surface area contributed by atoms with Crippen LogP contribution in [0.1, 0.15) is 16.1 Å². The lowest BCUT2D eigenvalue weighted by molar-refractivity contribution is 0.0792. The zero-order valence-corrected chi connectivity index (χ0v) is 9.85. The third kappa shape index (κ3) is 2.33. The largest absolute Gasteiger partial charge is 0.338 e. The van der Waals surface area contributed by atoms with Gasteiger partial charge in [-0.05, 0) is 31.0 Å². The summed E-state index contributed by atoms with van der Waals surface area (Å²) in [5.41, 5.74) is 5.58. The Labute approximate surface area is 97.8 Å². The molecule has 0 aliphatic carbocycles. The van der Waals surface area contributed by atoms with Crippen molar-refractivity contribution in [3.63, 3.8) is 0 Å². The van der Waals surface area contributed by atoms with Crippen LogP contribution in [-0.4, -0.2) is 30.4 Å². The minimum Gasteiger partial charge on any atom is -0.338 e. The highest BCUT2D eigenvalue weighted by Gasteiger charge is 2.26. The molecule has 2 rings (SSSR count). The first kappa shape index (κ1) is 10.9. The molecule has 0 spiro atoms. The van der Waals surface area contributed by atoms with Crippen molar-refractivity contribution in [1.82, 2.24) is 4.90 Å². The Balaban J connectivity index is 2.03. The lowest BCUT2D eigenvalue weighted by atomic mass is 10.1. The van der Waals surface area contributed by atoms with Gasteiger partial charge in [-0.3, -0.25) is 4.79 Å². The first-order chi connectivity index (χ1) is 7.20. The molecule has 0 aromatic carbocycles. The number of nitrogens with zero attached hydrogens (tertiary/aromatic N) is 1. The third-order valence-corrected chi connectivity index (χ3v) is 3.91. The molecule has 1 amide bonds. The van der Waals surface area contributed by atoms with Gasteiger partial charge in [0.25, 0.3) is 5.91 Å². The highest BCUT2D eigenvalue weighted by atomic mass is 35.5. The zero-order chi connectivity index (χ0) is 10.8. The fourth-order valence-corrected chi connectivity index (χ4v) is 2.81. The molecule has 2 N–H and O–H groups in total. The molecule has 0 radical (unpaired) electrons. The summed E-state index contributed by atoms with van der Waals surface area (Å²) in [6, 6.07) is 3.54. The number of nitrogens with two attached hydrogens (primary N) is 1. The summed E-state index contributed by atoms with van der Waals surface area (Å²) in [7, 11) is 0. The van der Waals surface area contributed by atoms with Crippen LogP contribution in [0.4, 0.5) is 0 Å². The van der Waals surface area contributed by atoms with E-state index in [1.54, 1.807) is 12.1 Å². The highest BCUT2D eigenvalue weighted by molar-refractivity contribution is 7.17. The zero-order valence-electron chi connectivity index (χ0n) is 8.28. The minimum absolute atomic E-state index is 0.0860. The number of carbonyl (C=O) groups is 1. The summed E-state index contributed by atoms with van der Waals surface area (Å²) in [6.07, 6.45) is 1.02. The van der Waals surface area contributed by atoms with Crippen LogP contribution in [0.25, 0.3) is 0 Å². The molecule has 2 heterocycles. The van der Waals surface area contributed by atoms with E-state index in [0.29, 0.717) is 16.8 Å². The molecule has 1 aromatic rings. The Bertz CT molecular complexity index is 366. The summed E-state index contributed by atoms with van der Waals surface area (Å²) in [5.74, 6) is 0.548. The highest BCUT2D eigenvalue weighted by Crippen LogP contribution is 2.25. The van der Waals surface area contributed by atoms with Crippen molar-refractivity contribution in [2.24, 2.45) is 11.7 Å². The van der Waals surface area contributed by atoms with E-state index in [1.165, 1.54) is 11.3 Å². The standard InChI is InChI=1S/C10H13ClN2OS/c11-9-2-1-8(15-9)10(14)13-4-3-7(5-12)6-13/h1-2,7H,3-6,12H2. The maximum atomic E-state index is 12.0. The number of hydrogen-bond donors (Lipinski definition) is 1. The maximum Gasteiger partial charge on any atom is 0.263 e. The van der Waals surface area contributed by atoms with Gasteiger partial charge in [0, 0.05) is 13.1 Å². The predicted molar refractivity (Wildman–Crippen MR) is 62.4 cm³/mol. The van der Waals surface area contributed by atoms with Crippen LogP contribution in [0, 0.1) is 5.92 Å². The van der Waals surface area contributed by atoms with E-state index in [-0.39, 0.29) is 5.91 Å². The summed E-state index contributed by atoms with van der Waals surface area (Å²) < 4.78 is 0.660. The predicted octanol–water partition coefficient (Wildman–Crippen LogP) is 1.82. The molecule has 3 nitrogen and oxygen atoms in total. The smallest absolute Gasteiger partial charge is 0.263 e. The SMILES string of the molecule is NCC1CCN(C(=O)c2ccc(Cl)s2)C1. The molecule has 1 fully saturated rings. The first-order valence-electron chi connectivity index (χ1n) is 4.95.